The van der Waals surface area contributed by atoms with Crippen LogP contribution in [-0.4, -0.2) is 0 Å². The summed E-state index contributed by atoms with van der Waals surface area (Å²) < 4.78 is 0. The van der Waals surface area contributed by atoms with E-state index in [1.165, 1.54) is 49.4 Å². The fourth-order valence-corrected chi connectivity index (χ4v) is 7.62. The van der Waals surface area contributed by atoms with Gasteiger partial charge in [0, 0.05) is 34.1 Å². The summed E-state index contributed by atoms with van der Waals surface area (Å²) in [6.45, 7) is 2.15. The van der Waals surface area contributed by atoms with Gasteiger partial charge in [0.25, 0.3) is 0 Å². The van der Waals surface area contributed by atoms with Gasteiger partial charge >= 0.3 is 0 Å². The second-order valence-electron chi connectivity index (χ2n) is 13.4. The average molecular weight is 679 g/mol. The first-order valence-electron chi connectivity index (χ1n) is 18.2. The summed E-state index contributed by atoms with van der Waals surface area (Å²) in [6.07, 6.45) is 0. The Morgan fingerprint density at radius 2 is 0.491 bits per heavy atom. The number of nitrogens with zero attached hydrogens (tertiary/aromatic N) is 2. The highest BCUT2D eigenvalue weighted by Gasteiger charge is 2.19. The molecule has 0 saturated heterocycles. The summed E-state index contributed by atoms with van der Waals surface area (Å²) in [5, 5.41) is 5.04. The summed E-state index contributed by atoms with van der Waals surface area (Å²) in [5.74, 6) is 0. The minimum absolute atomic E-state index is 1.09. The normalized spacial score (nSPS) is 11.1. The summed E-state index contributed by atoms with van der Waals surface area (Å²) in [6, 6.07) is 76.3. The van der Waals surface area contributed by atoms with Crippen LogP contribution in [0, 0.1) is 6.92 Å². The molecule has 0 amide bonds. The number of anilines is 6. The minimum atomic E-state index is 1.09. The SMILES string of the molecule is Cc1ccc(-c2c3ccccc3c(-c3ccc(N(c4ccccc4)c4ccc(N(c5ccccc5)c5ccccc5)cc4)cc3)c3ccccc23)cc1. The lowest BCUT2D eigenvalue weighted by Crippen LogP contribution is -2.12. The Morgan fingerprint density at radius 3 is 0.811 bits per heavy atom. The number of hydrogen-bond donors (Lipinski definition) is 0. The Kier molecular flexibility index (Phi) is 8.47. The van der Waals surface area contributed by atoms with Crippen molar-refractivity contribution in [1.82, 2.24) is 0 Å². The maximum absolute atomic E-state index is 2.33. The van der Waals surface area contributed by atoms with Gasteiger partial charge in [-0.3, -0.25) is 0 Å². The van der Waals surface area contributed by atoms with Gasteiger partial charge in [-0.05, 0) is 124 Å². The molecule has 0 aliphatic carbocycles. The average Bonchev–Trinajstić information content (AvgIpc) is 3.23. The van der Waals surface area contributed by atoms with Crippen molar-refractivity contribution in [1.29, 1.82) is 0 Å². The van der Waals surface area contributed by atoms with Crippen molar-refractivity contribution in [3.63, 3.8) is 0 Å². The van der Waals surface area contributed by atoms with E-state index in [-0.39, 0.29) is 0 Å². The van der Waals surface area contributed by atoms with Gasteiger partial charge < -0.3 is 9.80 Å². The zero-order valence-electron chi connectivity index (χ0n) is 29.6. The molecule has 0 N–H and O–H groups in total. The number of benzene rings is 9. The molecule has 0 radical (unpaired) electrons. The molecule has 53 heavy (non-hydrogen) atoms. The van der Waals surface area contributed by atoms with Gasteiger partial charge in [-0.15, -0.1) is 0 Å². The third-order valence-corrected chi connectivity index (χ3v) is 10.1. The number of para-hydroxylation sites is 3. The van der Waals surface area contributed by atoms with E-state index >= 15 is 0 Å². The molecule has 2 nitrogen and oxygen atoms in total. The van der Waals surface area contributed by atoms with Crippen LogP contribution in [0.5, 0.6) is 0 Å². The summed E-state index contributed by atoms with van der Waals surface area (Å²) in [4.78, 5) is 4.63. The monoisotopic (exact) mass is 678 g/mol. The van der Waals surface area contributed by atoms with E-state index in [4.69, 9.17) is 0 Å². The smallest absolute Gasteiger partial charge is 0.0463 e. The highest BCUT2D eigenvalue weighted by atomic mass is 15.2. The highest BCUT2D eigenvalue weighted by Crippen LogP contribution is 2.45. The third-order valence-electron chi connectivity index (χ3n) is 10.1. The molecule has 0 atom stereocenters. The van der Waals surface area contributed by atoms with Gasteiger partial charge in [0.2, 0.25) is 0 Å². The highest BCUT2D eigenvalue weighted by molar-refractivity contribution is 6.21. The lowest BCUT2D eigenvalue weighted by atomic mass is 9.86. The summed E-state index contributed by atoms with van der Waals surface area (Å²) in [7, 11) is 0. The maximum Gasteiger partial charge on any atom is 0.0463 e. The van der Waals surface area contributed by atoms with Crippen LogP contribution in [-0.2, 0) is 0 Å². The van der Waals surface area contributed by atoms with E-state index in [9.17, 15) is 0 Å². The molecule has 0 aliphatic rings. The number of hydrogen-bond acceptors (Lipinski definition) is 2. The lowest BCUT2D eigenvalue weighted by molar-refractivity contribution is 1.26. The molecule has 9 aromatic carbocycles. The van der Waals surface area contributed by atoms with Crippen molar-refractivity contribution < 1.29 is 0 Å². The predicted octanol–water partition coefficient (Wildman–Crippen LogP) is 14.6. The van der Waals surface area contributed by atoms with Crippen molar-refractivity contribution in [3.05, 3.63) is 218 Å². The largest absolute Gasteiger partial charge is 0.311 e. The van der Waals surface area contributed by atoms with Crippen molar-refractivity contribution in [2.45, 2.75) is 6.92 Å². The molecule has 0 aliphatic heterocycles. The van der Waals surface area contributed by atoms with Gasteiger partial charge in [0.05, 0.1) is 0 Å². The predicted molar refractivity (Wildman–Crippen MR) is 226 cm³/mol. The summed E-state index contributed by atoms with van der Waals surface area (Å²) in [5.41, 5.74) is 12.9. The molecule has 0 aromatic heterocycles. The first-order chi connectivity index (χ1) is 26.2. The van der Waals surface area contributed by atoms with Crippen molar-refractivity contribution >= 4 is 55.7 Å². The van der Waals surface area contributed by atoms with E-state index < -0.39 is 0 Å². The molecule has 0 unspecified atom stereocenters. The van der Waals surface area contributed by atoms with Gasteiger partial charge in [-0.2, -0.15) is 0 Å². The first-order valence-corrected chi connectivity index (χ1v) is 18.2. The Morgan fingerprint density at radius 1 is 0.245 bits per heavy atom. The molecule has 0 spiro atoms. The zero-order valence-corrected chi connectivity index (χ0v) is 29.6. The molecule has 0 saturated carbocycles. The molecule has 9 rings (SSSR count). The molecule has 0 fully saturated rings. The van der Waals surface area contributed by atoms with Crippen LogP contribution in [0.2, 0.25) is 0 Å². The number of rotatable bonds is 8. The van der Waals surface area contributed by atoms with E-state index in [1.54, 1.807) is 0 Å². The zero-order chi connectivity index (χ0) is 35.6. The van der Waals surface area contributed by atoms with Gasteiger partial charge in [-0.25, -0.2) is 0 Å². The number of fused-ring (bicyclic) bond motifs is 2. The van der Waals surface area contributed by atoms with E-state index in [0.717, 1.165) is 34.1 Å². The van der Waals surface area contributed by atoms with E-state index in [2.05, 4.69) is 229 Å². The molecule has 0 heterocycles. The van der Waals surface area contributed by atoms with Crippen LogP contribution >= 0.6 is 0 Å². The first kappa shape index (κ1) is 32.0. The fourth-order valence-electron chi connectivity index (χ4n) is 7.62. The van der Waals surface area contributed by atoms with Gasteiger partial charge in [0.15, 0.2) is 0 Å². The van der Waals surface area contributed by atoms with Crippen molar-refractivity contribution in [3.8, 4) is 22.3 Å². The van der Waals surface area contributed by atoms with Crippen LogP contribution in [0.1, 0.15) is 5.56 Å². The van der Waals surface area contributed by atoms with Gasteiger partial charge in [-0.1, -0.05) is 145 Å². The molecular formula is C51H38N2. The Balaban J connectivity index is 1.14. The van der Waals surface area contributed by atoms with E-state index in [1.807, 2.05) is 0 Å². The molecule has 2 heteroatoms. The van der Waals surface area contributed by atoms with E-state index in [0.29, 0.717) is 0 Å². The van der Waals surface area contributed by atoms with Gasteiger partial charge in [0.1, 0.15) is 0 Å². The van der Waals surface area contributed by atoms with Crippen LogP contribution in [0.4, 0.5) is 34.1 Å². The minimum Gasteiger partial charge on any atom is -0.311 e. The topological polar surface area (TPSA) is 6.48 Å². The fraction of sp³-hybridized carbons (Fsp3) is 0.0196. The third kappa shape index (κ3) is 6.11. The Bertz CT molecular complexity index is 2540. The summed E-state index contributed by atoms with van der Waals surface area (Å²) >= 11 is 0. The lowest BCUT2D eigenvalue weighted by Gasteiger charge is -2.28. The maximum atomic E-state index is 2.33. The molecular weight excluding hydrogens is 641 g/mol. The van der Waals surface area contributed by atoms with Crippen molar-refractivity contribution in [2.75, 3.05) is 9.80 Å². The Labute approximate surface area is 311 Å². The molecule has 252 valence electrons. The second-order valence-corrected chi connectivity index (χ2v) is 13.4. The Hall–Kier alpha value is -6.90. The molecule has 0 bridgehead atoms. The van der Waals surface area contributed by atoms with Crippen LogP contribution in [0.3, 0.4) is 0 Å². The number of aryl methyl sites for hydroxylation is 1. The van der Waals surface area contributed by atoms with Crippen LogP contribution in [0.25, 0.3) is 43.8 Å². The quantitative estimate of drug-likeness (QED) is 0.148. The van der Waals surface area contributed by atoms with Crippen LogP contribution in [0.15, 0.2) is 212 Å². The van der Waals surface area contributed by atoms with Crippen molar-refractivity contribution in [2.24, 2.45) is 0 Å². The second kappa shape index (κ2) is 14.0. The van der Waals surface area contributed by atoms with Crippen LogP contribution < -0.4 is 9.80 Å². The standard InChI is InChI=1S/C51H38N2/c1-37-25-27-38(28-26-37)50-46-21-11-13-23-48(46)51(49-24-14-12-22-47(49)50)39-29-31-43(32-30-39)53(42-19-9-4-10-20-42)45-35-33-44(34-36-45)52(40-15-5-2-6-16-40)41-17-7-3-8-18-41/h2-36H,1H3. The molecule has 9 aromatic rings.